The van der Waals surface area contributed by atoms with Crippen LogP contribution in [0.5, 0.6) is 0 Å². The second kappa shape index (κ2) is 5.97. The van der Waals surface area contributed by atoms with Crippen LogP contribution in [0.1, 0.15) is 25.3 Å². The SMILES string of the molecule is CC1CCCN(S(=O)(=O)c2cc(Cl)cc(CN)c2F)C1. The molecule has 1 saturated heterocycles. The highest BCUT2D eigenvalue weighted by atomic mass is 35.5. The molecule has 7 heteroatoms. The van der Waals surface area contributed by atoms with Gasteiger partial charge in [0.2, 0.25) is 10.0 Å². The fraction of sp³-hybridized carbons (Fsp3) is 0.538. The van der Waals surface area contributed by atoms with E-state index in [1.807, 2.05) is 6.92 Å². The fourth-order valence-electron chi connectivity index (χ4n) is 2.46. The molecule has 1 atom stereocenters. The average molecular weight is 321 g/mol. The van der Waals surface area contributed by atoms with Crippen molar-refractivity contribution in [3.05, 3.63) is 28.5 Å². The molecule has 0 saturated carbocycles. The van der Waals surface area contributed by atoms with Crippen LogP contribution in [0, 0.1) is 11.7 Å². The molecule has 0 amide bonds. The third-order valence-electron chi connectivity index (χ3n) is 3.54. The van der Waals surface area contributed by atoms with E-state index < -0.39 is 15.8 Å². The maximum Gasteiger partial charge on any atom is 0.246 e. The summed E-state index contributed by atoms with van der Waals surface area (Å²) in [4.78, 5) is -0.375. The van der Waals surface area contributed by atoms with Crippen LogP contribution in [-0.2, 0) is 16.6 Å². The van der Waals surface area contributed by atoms with Crippen molar-refractivity contribution < 1.29 is 12.8 Å². The largest absolute Gasteiger partial charge is 0.326 e. The zero-order chi connectivity index (χ0) is 14.9. The molecule has 2 rings (SSSR count). The molecule has 1 aliphatic rings. The van der Waals surface area contributed by atoms with Crippen LogP contribution in [0.2, 0.25) is 5.02 Å². The lowest BCUT2D eigenvalue weighted by Crippen LogP contribution is -2.39. The van der Waals surface area contributed by atoms with Gasteiger partial charge in [-0.2, -0.15) is 4.31 Å². The highest BCUT2D eigenvalue weighted by molar-refractivity contribution is 7.89. The first kappa shape index (κ1) is 15.7. The second-order valence-corrected chi connectivity index (χ2v) is 7.53. The van der Waals surface area contributed by atoms with Crippen molar-refractivity contribution in [3.63, 3.8) is 0 Å². The van der Waals surface area contributed by atoms with Gasteiger partial charge in [0.15, 0.2) is 0 Å². The highest BCUT2D eigenvalue weighted by Gasteiger charge is 2.31. The molecule has 1 fully saturated rings. The minimum absolute atomic E-state index is 0.0919. The minimum atomic E-state index is -3.86. The number of piperidine rings is 1. The summed E-state index contributed by atoms with van der Waals surface area (Å²) in [5.74, 6) is -0.523. The number of hydrogen-bond acceptors (Lipinski definition) is 3. The number of sulfonamides is 1. The molecule has 112 valence electrons. The molecule has 2 N–H and O–H groups in total. The molecule has 1 unspecified atom stereocenters. The van der Waals surface area contributed by atoms with E-state index in [9.17, 15) is 12.8 Å². The van der Waals surface area contributed by atoms with Crippen LogP contribution in [0.25, 0.3) is 0 Å². The van der Waals surface area contributed by atoms with Gasteiger partial charge >= 0.3 is 0 Å². The highest BCUT2D eigenvalue weighted by Crippen LogP contribution is 2.28. The van der Waals surface area contributed by atoms with Crippen molar-refractivity contribution in [1.29, 1.82) is 0 Å². The van der Waals surface area contributed by atoms with Crippen molar-refractivity contribution in [2.45, 2.75) is 31.2 Å². The molecule has 0 radical (unpaired) electrons. The molecule has 0 spiro atoms. The van der Waals surface area contributed by atoms with E-state index in [-0.39, 0.29) is 27.9 Å². The maximum absolute atomic E-state index is 14.3. The van der Waals surface area contributed by atoms with Gasteiger partial charge in [-0.05, 0) is 30.9 Å². The fourth-order valence-corrected chi connectivity index (χ4v) is 4.50. The van der Waals surface area contributed by atoms with Gasteiger partial charge in [-0.15, -0.1) is 0 Å². The van der Waals surface area contributed by atoms with Gasteiger partial charge in [-0.1, -0.05) is 18.5 Å². The zero-order valence-electron chi connectivity index (χ0n) is 11.3. The Labute approximate surface area is 123 Å². The van der Waals surface area contributed by atoms with Crippen LogP contribution < -0.4 is 5.73 Å². The number of halogens is 2. The van der Waals surface area contributed by atoms with Gasteiger partial charge in [0.25, 0.3) is 0 Å². The third-order valence-corrected chi connectivity index (χ3v) is 5.62. The van der Waals surface area contributed by atoms with Crippen LogP contribution in [0.3, 0.4) is 0 Å². The van der Waals surface area contributed by atoms with Crippen LogP contribution in [-0.4, -0.2) is 25.8 Å². The number of hydrogen-bond donors (Lipinski definition) is 1. The van der Waals surface area contributed by atoms with Crippen molar-refractivity contribution in [2.24, 2.45) is 11.7 Å². The summed E-state index contributed by atoms with van der Waals surface area (Å²) < 4.78 is 40.7. The quantitative estimate of drug-likeness (QED) is 0.930. The number of nitrogens with two attached hydrogens (primary N) is 1. The Morgan fingerprint density at radius 1 is 1.50 bits per heavy atom. The van der Waals surface area contributed by atoms with E-state index in [1.165, 1.54) is 10.4 Å². The van der Waals surface area contributed by atoms with Crippen LogP contribution in [0.15, 0.2) is 17.0 Å². The molecule has 20 heavy (non-hydrogen) atoms. The molecule has 0 aliphatic carbocycles. The van der Waals surface area contributed by atoms with E-state index >= 15 is 0 Å². The Morgan fingerprint density at radius 2 is 2.20 bits per heavy atom. The summed E-state index contributed by atoms with van der Waals surface area (Å²) in [7, 11) is -3.86. The predicted octanol–water partition coefficient (Wildman–Crippen LogP) is 2.36. The van der Waals surface area contributed by atoms with E-state index in [4.69, 9.17) is 17.3 Å². The number of benzene rings is 1. The Balaban J connectivity index is 2.46. The van der Waals surface area contributed by atoms with Crippen LogP contribution in [0.4, 0.5) is 4.39 Å². The Bertz CT molecular complexity index is 607. The van der Waals surface area contributed by atoms with E-state index in [0.29, 0.717) is 13.1 Å². The normalized spacial score (nSPS) is 21.1. The number of rotatable bonds is 3. The molecule has 4 nitrogen and oxygen atoms in total. The Hall–Kier alpha value is -0.690. The average Bonchev–Trinajstić information content (AvgIpc) is 2.40. The zero-order valence-corrected chi connectivity index (χ0v) is 12.8. The van der Waals surface area contributed by atoms with Gasteiger partial charge in [-0.25, -0.2) is 12.8 Å². The first-order valence-electron chi connectivity index (χ1n) is 6.54. The summed E-state index contributed by atoms with van der Waals surface area (Å²) in [6.45, 7) is 2.72. The third kappa shape index (κ3) is 2.98. The Kier molecular flexibility index (Phi) is 4.69. The summed E-state index contributed by atoms with van der Waals surface area (Å²) in [5, 5.41) is 0.176. The van der Waals surface area contributed by atoms with Crippen molar-refractivity contribution in [1.82, 2.24) is 4.31 Å². The maximum atomic E-state index is 14.3. The van der Waals surface area contributed by atoms with Crippen molar-refractivity contribution in [2.75, 3.05) is 13.1 Å². The lowest BCUT2D eigenvalue weighted by atomic mass is 10.0. The lowest BCUT2D eigenvalue weighted by molar-refractivity contribution is 0.280. The Morgan fingerprint density at radius 3 is 2.80 bits per heavy atom. The predicted molar refractivity (Wildman–Crippen MR) is 76.5 cm³/mol. The standard InChI is InChI=1S/C13H18ClFN2O2S/c1-9-3-2-4-17(8-9)20(18,19)12-6-11(14)5-10(7-16)13(12)15/h5-6,9H,2-4,7-8,16H2,1H3. The first-order valence-corrected chi connectivity index (χ1v) is 8.36. The van der Waals surface area contributed by atoms with Crippen molar-refractivity contribution in [3.8, 4) is 0 Å². The summed E-state index contributed by atoms with van der Waals surface area (Å²) in [6.07, 6.45) is 1.77. The topological polar surface area (TPSA) is 63.4 Å². The molecular formula is C13H18ClFN2O2S. The molecule has 1 heterocycles. The summed E-state index contributed by atoms with van der Waals surface area (Å²) in [6, 6.07) is 2.51. The van der Waals surface area contributed by atoms with Gasteiger partial charge in [0.1, 0.15) is 10.7 Å². The van der Waals surface area contributed by atoms with Gasteiger partial charge in [0.05, 0.1) is 0 Å². The van der Waals surface area contributed by atoms with E-state index in [2.05, 4.69) is 0 Å². The smallest absolute Gasteiger partial charge is 0.246 e. The monoisotopic (exact) mass is 320 g/mol. The molecular weight excluding hydrogens is 303 g/mol. The van der Waals surface area contributed by atoms with Crippen LogP contribution >= 0.6 is 11.6 Å². The van der Waals surface area contributed by atoms with E-state index in [0.717, 1.165) is 18.9 Å². The molecule has 0 bridgehead atoms. The second-order valence-electron chi connectivity index (χ2n) is 5.19. The first-order chi connectivity index (χ1) is 9.36. The van der Waals surface area contributed by atoms with Gasteiger partial charge < -0.3 is 5.73 Å². The summed E-state index contributed by atoms with van der Waals surface area (Å²) in [5.41, 5.74) is 5.54. The summed E-state index contributed by atoms with van der Waals surface area (Å²) >= 11 is 5.87. The van der Waals surface area contributed by atoms with Crippen molar-refractivity contribution >= 4 is 21.6 Å². The van der Waals surface area contributed by atoms with E-state index in [1.54, 1.807) is 0 Å². The minimum Gasteiger partial charge on any atom is -0.326 e. The molecule has 0 aromatic heterocycles. The lowest BCUT2D eigenvalue weighted by Gasteiger charge is -2.30. The molecule has 1 aromatic carbocycles. The van der Waals surface area contributed by atoms with Gasteiger partial charge in [-0.3, -0.25) is 0 Å². The van der Waals surface area contributed by atoms with Gasteiger partial charge in [0, 0.05) is 30.2 Å². The molecule has 1 aromatic rings. The molecule has 1 aliphatic heterocycles. The number of nitrogens with zero attached hydrogens (tertiary/aromatic N) is 1.